The Kier molecular flexibility index (Phi) is 3.51. The van der Waals surface area contributed by atoms with Crippen LogP contribution >= 0.6 is 0 Å². The van der Waals surface area contributed by atoms with E-state index in [2.05, 4.69) is 48.5 Å². The molecule has 1 aliphatic rings. The van der Waals surface area contributed by atoms with Gasteiger partial charge in [0.25, 0.3) is 0 Å². The molecule has 0 radical (unpaired) electrons. The van der Waals surface area contributed by atoms with Crippen LogP contribution in [0, 0.1) is 17.2 Å². The van der Waals surface area contributed by atoms with Crippen molar-refractivity contribution in [3.05, 3.63) is 48.0 Å². The molecule has 0 amide bonds. The molecule has 0 heterocycles. The number of hydrogen-bond donors (Lipinski definition) is 0. The lowest BCUT2D eigenvalue weighted by Crippen LogP contribution is -2.15. The standard InChI is InChI=1S/C18H19N/c19-13-18(15-7-2-1-3-8-15)17-12-6-10-14-9-4-5-11-16(14)17/h4-6,9-12,15,18H,1-3,7-8H2. The van der Waals surface area contributed by atoms with E-state index in [4.69, 9.17) is 0 Å². The van der Waals surface area contributed by atoms with E-state index in [0.717, 1.165) is 0 Å². The average molecular weight is 249 g/mol. The third kappa shape index (κ3) is 2.36. The van der Waals surface area contributed by atoms with Crippen LogP contribution in [0.25, 0.3) is 10.8 Å². The third-order valence-corrected chi connectivity index (χ3v) is 4.42. The molecule has 1 nitrogen and oxygen atoms in total. The van der Waals surface area contributed by atoms with Crippen LogP contribution in [0.5, 0.6) is 0 Å². The van der Waals surface area contributed by atoms with Crippen LogP contribution in [0.4, 0.5) is 0 Å². The van der Waals surface area contributed by atoms with Crippen molar-refractivity contribution in [1.29, 1.82) is 5.26 Å². The van der Waals surface area contributed by atoms with Crippen molar-refractivity contribution < 1.29 is 0 Å². The molecule has 1 fully saturated rings. The SMILES string of the molecule is N#CC(c1cccc2ccccc12)C1CCCCC1. The molecule has 3 rings (SSSR count). The van der Waals surface area contributed by atoms with E-state index < -0.39 is 0 Å². The molecular weight excluding hydrogens is 230 g/mol. The van der Waals surface area contributed by atoms with Crippen LogP contribution in [-0.2, 0) is 0 Å². The Labute approximate surface area is 114 Å². The Morgan fingerprint density at radius 1 is 0.947 bits per heavy atom. The molecule has 2 aromatic rings. The highest BCUT2D eigenvalue weighted by Crippen LogP contribution is 2.38. The molecule has 1 aliphatic carbocycles. The van der Waals surface area contributed by atoms with E-state index >= 15 is 0 Å². The van der Waals surface area contributed by atoms with Gasteiger partial charge < -0.3 is 0 Å². The van der Waals surface area contributed by atoms with E-state index in [1.54, 1.807) is 0 Å². The van der Waals surface area contributed by atoms with Gasteiger partial charge in [0, 0.05) is 0 Å². The zero-order valence-electron chi connectivity index (χ0n) is 11.2. The minimum atomic E-state index is 0.0615. The number of fused-ring (bicyclic) bond motifs is 1. The zero-order chi connectivity index (χ0) is 13.1. The van der Waals surface area contributed by atoms with Crippen LogP contribution in [0.2, 0.25) is 0 Å². The fourth-order valence-electron chi connectivity index (χ4n) is 3.42. The fraction of sp³-hybridized carbons (Fsp3) is 0.389. The Morgan fingerprint density at radius 3 is 2.47 bits per heavy atom. The number of benzene rings is 2. The highest BCUT2D eigenvalue weighted by atomic mass is 14.3. The molecular formula is C18H19N. The lowest BCUT2D eigenvalue weighted by Gasteiger charge is -2.26. The first-order valence-corrected chi connectivity index (χ1v) is 7.27. The second-order valence-electron chi connectivity index (χ2n) is 5.57. The van der Waals surface area contributed by atoms with Crippen molar-refractivity contribution in [2.45, 2.75) is 38.0 Å². The topological polar surface area (TPSA) is 23.8 Å². The lowest BCUT2D eigenvalue weighted by molar-refractivity contribution is 0.336. The first-order chi connectivity index (χ1) is 9.40. The molecule has 2 aromatic carbocycles. The van der Waals surface area contributed by atoms with Crippen molar-refractivity contribution in [2.24, 2.45) is 5.92 Å². The predicted molar refractivity (Wildman–Crippen MR) is 78.9 cm³/mol. The van der Waals surface area contributed by atoms with E-state index in [0.29, 0.717) is 5.92 Å². The summed E-state index contributed by atoms with van der Waals surface area (Å²) in [6.07, 6.45) is 6.33. The Balaban J connectivity index is 2.04. The van der Waals surface area contributed by atoms with Crippen molar-refractivity contribution in [1.82, 2.24) is 0 Å². The highest BCUT2D eigenvalue weighted by molar-refractivity contribution is 5.86. The van der Waals surface area contributed by atoms with Crippen molar-refractivity contribution >= 4 is 10.8 Å². The third-order valence-electron chi connectivity index (χ3n) is 4.42. The summed E-state index contributed by atoms with van der Waals surface area (Å²) in [5, 5.41) is 12.1. The van der Waals surface area contributed by atoms with Crippen LogP contribution in [-0.4, -0.2) is 0 Å². The van der Waals surface area contributed by atoms with Crippen LogP contribution in [0.3, 0.4) is 0 Å². The van der Waals surface area contributed by atoms with Gasteiger partial charge >= 0.3 is 0 Å². The highest BCUT2D eigenvalue weighted by Gasteiger charge is 2.25. The van der Waals surface area contributed by atoms with Crippen molar-refractivity contribution in [2.75, 3.05) is 0 Å². The quantitative estimate of drug-likeness (QED) is 0.732. The molecule has 19 heavy (non-hydrogen) atoms. The minimum Gasteiger partial charge on any atom is -0.198 e. The van der Waals surface area contributed by atoms with Crippen LogP contribution in [0.15, 0.2) is 42.5 Å². The molecule has 0 bridgehead atoms. The molecule has 1 saturated carbocycles. The normalized spacial score (nSPS) is 18.1. The summed E-state index contributed by atoms with van der Waals surface area (Å²) < 4.78 is 0. The Morgan fingerprint density at radius 2 is 1.68 bits per heavy atom. The Hall–Kier alpha value is -1.81. The molecule has 1 heteroatoms. The van der Waals surface area contributed by atoms with Gasteiger partial charge in [-0.25, -0.2) is 0 Å². The molecule has 0 aliphatic heterocycles. The van der Waals surface area contributed by atoms with Gasteiger partial charge in [-0.05, 0) is 35.1 Å². The fourth-order valence-corrected chi connectivity index (χ4v) is 3.42. The average Bonchev–Trinajstić information content (AvgIpc) is 2.49. The monoisotopic (exact) mass is 249 g/mol. The largest absolute Gasteiger partial charge is 0.198 e. The summed E-state index contributed by atoms with van der Waals surface area (Å²) in [6, 6.07) is 17.4. The van der Waals surface area contributed by atoms with Gasteiger partial charge in [-0.3, -0.25) is 0 Å². The van der Waals surface area contributed by atoms with Crippen molar-refractivity contribution in [3.63, 3.8) is 0 Å². The van der Waals surface area contributed by atoms with E-state index in [-0.39, 0.29) is 5.92 Å². The summed E-state index contributed by atoms with van der Waals surface area (Å²) in [6.45, 7) is 0. The molecule has 1 unspecified atom stereocenters. The van der Waals surface area contributed by atoms with Gasteiger partial charge in [0.2, 0.25) is 0 Å². The second-order valence-corrected chi connectivity index (χ2v) is 5.57. The minimum absolute atomic E-state index is 0.0615. The summed E-state index contributed by atoms with van der Waals surface area (Å²) >= 11 is 0. The summed E-state index contributed by atoms with van der Waals surface area (Å²) in [4.78, 5) is 0. The van der Waals surface area contributed by atoms with Gasteiger partial charge in [0.05, 0.1) is 12.0 Å². The first-order valence-electron chi connectivity index (χ1n) is 7.27. The van der Waals surface area contributed by atoms with Crippen LogP contribution < -0.4 is 0 Å². The van der Waals surface area contributed by atoms with Gasteiger partial charge in [0.1, 0.15) is 0 Å². The molecule has 0 saturated heterocycles. The van der Waals surface area contributed by atoms with Crippen LogP contribution in [0.1, 0.15) is 43.6 Å². The maximum Gasteiger partial charge on any atom is 0.0746 e. The summed E-state index contributed by atoms with van der Waals surface area (Å²) in [5.41, 5.74) is 1.23. The number of nitriles is 1. The van der Waals surface area contributed by atoms with Gasteiger partial charge in [-0.15, -0.1) is 0 Å². The zero-order valence-corrected chi connectivity index (χ0v) is 11.2. The number of rotatable bonds is 2. The van der Waals surface area contributed by atoms with Gasteiger partial charge in [-0.2, -0.15) is 5.26 Å². The second kappa shape index (κ2) is 5.45. The maximum absolute atomic E-state index is 9.64. The van der Waals surface area contributed by atoms with Gasteiger partial charge in [0.15, 0.2) is 0 Å². The molecule has 0 N–H and O–H groups in total. The predicted octanol–water partition coefficient (Wildman–Crippen LogP) is 5.03. The lowest BCUT2D eigenvalue weighted by atomic mass is 9.76. The Bertz CT molecular complexity index is 597. The van der Waals surface area contributed by atoms with E-state index in [9.17, 15) is 5.26 Å². The molecule has 96 valence electrons. The summed E-state index contributed by atoms with van der Waals surface area (Å²) in [5.74, 6) is 0.607. The molecule has 0 aromatic heterocycles. The van der Waals surface area contributed by atoms with Crippen molar-refractivity contribution in [3.8, 4) is 6.07 Å². The smallest absolute Gasteiger partial charge is 0.0746 e. The molecule has 0 spiro atoms. The molecule has 1 atom stereocenters. The summed E-state index contributed by atoms with van der Waals surface area (Å²) in [7, 11) is 0. The number of nitrogens with zero attached hydrogens (tertiary/aromatic N) is 1. The first kappa shape index (κ1) is 12.2. The van der Waals surface area contributed by atoms with E-state index in [1.165, 1.54) is 48.4 Å². The number of hydrogen-bond acceptors (Lipinski definition) is 1. The maximum atomic E-state index is 9.64. The van der Waals surface area contributed by atoms with E-state index in [1.807, 2.05) is 0 Å². The van der Waals surface area contributed by atoms with Gasteiger partial charge in [-0.1, -0.05) is 61.7 Å².